The molecule has 0 aliphatic rings. The van der Waals surface area contributed by atoms with Crippen molar-refractivity contribution < 1.29 is 9.53 Å². The summed E-state index contributed by atoms with van der Waals surface area (Å²) in [6.07, 6.45) is 0. The van der Waals surface area contributed by atoms with Crippen molar-refractivity contribution in [3.8, 4) is 5.75 Å². The highest BCUT2D eigenvalue weighted by molar-refractivity contribution is 5.93. The van der Waals surface area contributed by atoms with Crippen LogP contribution in [0.2, 0.25) is 0 Å². The molecule has 0 bridgehead atoms. The number of hydrogen-bond donors (Lipinski definition) is 2. The van der Waals surface area contributed by atoms with E-state index in [1.54, 1.807) is 0 Å². The quantitative estimate of drug-likeness (QED) is 0.854. The normalized spacial score (nSPS) is 10.0. The molecule has 0 aliphatic carbocycles. The number of aryl methyl sites for hydroxylation is 1. The molecular weight excluding hydrogens is 264 g/mol. The van der Waals surface area contributed by atoms with Crippen LogP contribution in [0.5, 0.6) is 5.75 Å². The Morgan fingerprint density at radius 1 is 1.10 bits per heavy atom. The van der Waals surface area contributed by atoms with E-state index >= 15 is 0 Å². The fraction of sp³-hybridized carbons (Fsp3) is 0.235. The number of hydrogen-bond acceptors (Lipinski definition) is 3. The number of benzene rings is 2. The molecule has 2 N–H and O–H groups in total. The first-order valence-electron chi connectivity index (χ1n) is 7.00. The predicted octanol–water partition coefficient (Wildman–Crippen LogP) is 3.44. The summed E-state index contributed by atoms with van der Waals surface area (Å²) in [6, 6.07) is 15.3. The van der Waals surface area contributed by atoms with E-state index in [2.05, 4.69) is 10.6 Å². The van der Waals surface area contributed by atoms with Gasteiger partial charge in [-0.25, -0.2) is 0 Å². The van der Waals surface area contributed by atoms with E-state index in [0.717, 1.165) is 22.7 Å². The zero-order chi connectivity index (χ0) is 15.1. The monoisotopic (exact) mass is 284 g/mol. The third-order valence-corrected chi connectivity index (χ3v) is 2.90. The van der Waals surface area contributed by atoms with Crippen LogP contribution in [-0.2, 0) is 4.79 Å². The molecule has 2 aromatic carbocycles. The Kier molecular flexibility index (Phi) is 5.21. The number of carbonyl (C=O) groups excluding carboxylic acids is 1. The predicted molar refractivity (Wildman–Crippen MR) is 85.9 cm³/mol. The van der Waals surface area contributed by atoms with Crippen LogP contribution in [0.1, 0.15) is 12.5 Å². The molecular formula is C17H20N2O2. The van der Waals surface area contributed by atoms with Crippen LogP contribution < -0.4 is 15.4 Å². The molecule has 0 fully saturated rings. The minimum Gasteiger partial charge on any atom is -0.494 e. The van der Waals surface area contributed by atoms with Crippen molar-refractivity contribution in [2.24, 2.45) is 0 Å². The maximum atomic E-state index is 11.9. The molecule has 4 heteroatoms. The molecule has 0 heterocycles. The zero-order valence-electron chi connectivity index (χ0n) is 12.3. The van der Waals surface area contributed by atoms with Gasteiger partial charge in [-0.1, -0.05) is 18.2 Å². The van der Waals surface area contributed by atoms with E-state index in [9.17, 15) is 4.79 Å². The Hall–Kier alpha value is -2.49. The van der Waals surface area contributed by atoms with Crippen molar-refractivity contribution >= 4 is 17.3 Å². The van der Waals surface area contributed by atoms with Gasteiger partial charge in [0.2, 0.25) is 5.91 Å². The van der Waals surface area contributed by atoms with Crippen LogP contribution in [0.15, 0.2) is 48.5 Å². The number of carbonyl (C=O) groups is 1. The van der Waals surface area contributed by atoms with E-state index in [1.165, 1.54) is 0 Å². The summed E-state index contributed by atoms with van der Waals surface area (Å²) in [5.74, 6) is 0.712. The summed E-state index contributed by atoms with van der Waals surface area (Å²) < 4.78 is 5.42. The molecule has 0 saturated carbocycles. The lowest BCUT2D eigenvalue weighted by molar-refractivity contribution is -0.114. The third-order valence-electron chi connectivity index (χ3n) is 2.90. The minimum atomic E-state index is -0.0811. The molecule has 0 aliphatic heterocycles. The van der Waals surface area contributed by atoms with Gasteiger partial charge in [0.25, 0.3) is 0 Å². The first-order valence-corrected chi connectivity index (χ1v) is 7.00. The summed E-state index contributed by atoms with van der Waals surface area (Å²) >= 11 is 0. The molecule has 4 nitrogen and oxygen atoms in total. The topological polar surface area (TPSA) is 50.4 Å². The second-order valence-corrected chi connectivity index (χ2v) is 4.73. The summed E-state index contributed by atoms with van der Waals surface area (Å²) in [6.45, 7) is 4.77. The van der Waals surface area contributed by atoms with Crippen molar-refractivity contribution in [2.75, 3.05) is 23.8 Å². The third kappa shape index (κ3) is 4.84. The molecule has 21 heavy (non-hydrogen) atoms. The zero-order valence-corrected chi connectivity index (χ0v) is 12.3. The highest BCUT2D eigenvalue weighted by Gasteiger charge is 2.03. The van der Waals surface area contributed by atoms with Gasteiger partial charge in [-0.2, -0.15) is 0 Å². The maximum Gasteiger partial charge on any atom is 0.243 e. The summed E-state index contributed by atoms with van der Waals surface area (Å²) in [5, 5.41) is 5.95. The molecule has 110 valence electrons. The Bertz CT molecular complexity index is 611. The summed E-state index contributed by atoms with van der Waals surface area (Å²) in [4.78, 5) is 11.9. The van der Waals surface area contributed by atoms with Gasteiger partial charge in [0.05, 0.1) is 13.2 Å². The second-order valence-electron chi connectivity index (χ2n) is 4.73. The first kappa shape index (κ1) is 14.9. The van der Waals surface area contributed by atoms with Crippen LogP contribution >= 0.6 is 0 Å². The van der Waals surface area contributed by atoms with Gasteiger partial charge in [-0.05, 0) is 43.7 Å². The molecule has 2 aromatic rings. The van der Waals surface area contributed by atoms with Crippen LogP contribution in [0.3, 0.4) is 0 Å². The van der Waals surface area contributed by atoms with Crippen LogP contribution in [0.4, 0.5) is 11.4 Å². The van der Waals surface area contributed by atoms with E-state index in [4.69, 9.17) is 4.74 Å². The van der Waals surface area contributed by atoms with Crippen molar-refractivity contribution in [2.45, 2.75) is 13.8 Å². The molecule has 1 amide bonds. The van der Waals surface area contributed by atoms with Crippen molar-refractivity contribution in [1.82, 2.24) is 0 Å². The maximum absolute atomic E-state index is 11.9. The molecule has 0 unspecified atom stereocenters. The Morgan fingerprint density at radius 2 is 1.86 bits per heavy atom. The Balaban J connectivity index is 1.87. The molecule has 2 rings (SSSR count). The van der Waals surface area contributed by atoms with E-state index in [-0.39, 0.29) is 12.5 Å². The van der Waals surface area contributed by atoms with Gasteiger partial charge >= 0.3 is 0 Å². The largest absolute Gasteiger partial charge is 0.494 e. The van der Waals surface area contributed by atoms with Crippen molar-refractivity contribution in [1.29, 1.82) is 0 Å². The number of nitrogens with one attached hydrogen (secondary N) is 2. The van der Waals surface area contributed by atoms with Gasteiger partial charge in [-0.15, -0.1) is 0 Å². The first-order chi connectivity index (χ1) is 10.2. The van der Waals surface area contributed by atoms with E-state index in [0.29, 0.717) is 6.61 Å². The number of amides is 1. The average molecular weight is 284 g/mol. The molecule has 0 radical (unpaired) electrons. The lowest BCUT2D eigenvalue weighted by Gasteiger charge is -2.10. The molecule has 0 atom stereocenters. The van der Waals surface area contributed by atoms with Gasteiger partial charge in [0.1, 0.15) is 5.75 Å². The minimum absolute atomic E-state index is 0.0811. The molecule has 0 saturated heterocycles. The molecule has 0 spiro atoms. The lowest BCUT2D eigenvalue weighted by Crippen LogP contribution is -2.21. The van der Waals surface area contributed by atoms with Gasteiger partial charge in [0, 0.05) is 17.4 Å². The van der Waals surface area contributed by atoms with E-state index in [1.807, 2.05) is 62.4 Å². The van der Waals surface area contributed by atoms with Gasteiger partial charge in [-0.3, -0.25) is 4.79 Å². The Morgan fingerprint density at radius 3 is 2.62 bits per heavy atom. The summed E-state index contributed by atoms with van der Waals surface area (Å²) in [7, 11) is 0. The Labute approximate surface area is 125 Å². The molecule has 0 aromatic heterocycles. The number of rotatable bonds is 6. The van der Waals surface area contributed by atoms with E-state index < -0.39 is 0 Å². The van der Waals surface area contributed by atoms with Crippen LogP contribution in [-0.4, -0.2) is 19.1 Å². The lowest BCUT2D eigenvalue weighted by atomic mass is 10.2. The van der Waals surface area contributed by atoms with Gasteiger partial charge < -0.3 is 15.4 Å². The van der Waals surface area contributed by atoms with Crippen molar-refractivity contribution in [3.05, 3.63) is 54.1 Å². The van der Waals surface area contributed by atoms with Gasteiger partial charge in [0.15, 0.2) is 0 Å². The fourth-order valence-electron chi connectivity index (χ4n) is 1.97. The smallest absolute Gasteiger partial charge is 0.243 e. The van der Waals surface area contributed by atoms with Crippen LogP contribution in [0.25, 0.3) is 0 Å². The van der Waals surface area contributed by atoms with Crippen LogP contribution in [0, 0.1) is 6.92 Å². The average Bonchev–Trinajstić information content (AvgIpc) is 2.46. The SMILES string of the molecule is CCOc1cccc(NCC(=O)Nc2cccc(C)c2)c1. The summed E-state index contributed by atoms with van der Waals surface area (Å²) in [5.41, 5.74) is 2.79. The standard InChI is InChI=1S/C17H20N2O2/c1-3-21-16-9-5-7-14(11-16)18-12-17(20)19-15-8-4-6-13(2)10-15/h4-11,18H,3,12H2,1-2H3,(H,19,20). The highest BCUT2D eigenvalue weighted by Crippen LogP contribution is 2.17. The van der Waals surface area contributed by atoms with Crippen molar-refractivity contribution in [3.63, 3.8) is 0 Å². The number of ether oxygens (including phenoxy) is 1. The second kappa shape index (κ2) is 7.33. The fourth-order valence-corrected chi connectivity index (χ4v) is 1.97. The number of anilines is 2. The highest BCUT2D eigenvalue weighted by atomic mass is 16.5.